The summed E-state index contributed by atoms with van der Waals surface area (Å²) in [6, 6.07) is 12.4. The lowest BCUT2D eigenvalue weighted by Crippen LogP contribution is -2.17. The summed E-state index contributed by atoms with van der Waals surface area (Å²) in [5.74, 6) is 0.630. The quantitative estimate of drug-likeness (QED) is 0.363. The Hall–Kier alpha value is -2.74. The number of rotatable bonds is 9. The minimum Gasteiger partial charge on any atom is -0.494 e. The number of carbonyl (C=O) groups excluding carboxylic acids is 1. The van der Waals surface area contributed by atoms with Crippen LogP contribution in [0.3, 0.4) is 0 Å². The van der Waals surface area contributed by atoms with Gasteiger partial charge in [0.15, 0.2) is 0 Å². The van der Waals surface area contributed by atoms with Gasteiger partial charge < -0.3 is 4.74 Å². The number of carbonyl (C=O) groups is 1. The van der Waals surface area contributed by atoms with E-state index in [-0.39, 0.29) is 11.6 Å². The summed E-state index contributed by atoms with van der Waals surface area (Å²) >= 11 is 3.12. The number of hydrogen-bond donors (Lipinski definition) is 1. The minimum atomic E-state index is -0.485. The molecule has 0 atom stereocenters. The monoisotopic (exact) mass is 433 g/mol. The van der Waals surface area contributed by atoms with Gasteiger partial charge in [0.2, 0.25) is 5.91 Å². The Labute approximate surface area is 165 Å². The largest absolute Gasteiger partial charge is 0.494 e. The molecule has 2 rings (SSSR count). The predicted molar refractivity (Wildman–Crippen MR) is 107 cm³/mol. The van der Waals surface area contributed by atoms with Crippen LogP contribution in [0.2, 0.25) is 0 Å². The number of amides is 1. The van der Waals surface area contributed by atoms with E-state index < -0.39 is 4.92 Å². The molecule has 0 unspecified atom stereocenters. The normalized spacial score (nSPS) is 10.7. The first-order chi connectivity index (χ1) is 13.0. The first-order valence-electron chi connectivity index (χ1n) is 8.47. The van der Waals surface area contributed by atoms with Crippen LogP contribution >= 0.6 is 15.9 Å². The van der Waals surface area contributed by atoms with E-state index in [0.29, 0.717) is 29.5 Å². The molecule has 2 aromatic rings. The number of nitro benzene ring substituents is 1. The molecule has 27 heavy (non-hydrogen) atoms. The fraction of sp³-hybridized carbons (Fsp3) is 0.263. The van der Waals surface area contributed by atoms with Crippen LogP contribution in [-0.4, -0.2) is 23.7 Å². The van der Waals surface area contributed by atoms with Gasteiger partial charge in [0, 0.05) is 18.1 Å². The van der Waals surface area contributed by atoms with Crippen molar-refractivity contribution < 1.29 is 14.5 Å². The summed E-state index contributed by atoms with van der Waals surface area (Å²) in [6.45, 7) is 2.57. The fourth-order valence-electron chi connectivity index (χ4n) is 2.36. The maximum absolute atomic E-state index is 11.8. The molecular formula is C19H20BrN3O4. The average Bonchev–Trinajstić information content (AvgIpc) is 2.64. The highest BCUT2D eigenvalue weighted by Crippen LogP contribution is 2.24. The zero-order valence-corrected chi connectivity index (χ0v) is 16.4. The molecule has 0 aliphatic heterocycles. The summed E-state index contributed by atoms with van der Waals surface area (Å²) in [4.78, 5) is 22.2. The van der Waals surface area contributed by atoms with E-state index in [9.17, 15) is 14.9 Å². The first kappa shape index (κ1) is 20.6. The summed E-state index contributed by atoms with van der Waals surface area (Å²) in [5, 5.41) is 14.7. The van der Waals surface area contributed by atoms with Crippen molar-refractivity contribution in [2.75, 3.05) is 6.61 Å². The zero-order valence-electron chi connectivity index (χ0n) is 14.9. The number of nitrogens with one attached hydrogen (secondary N) is 1. The molecular weight excluding hydrogens is 414 g/mol. The van der Waals surface area contributed by atoms with Gasteiger partial charge in [-0.15, -0.1) is 0 Å². The Bertz CT molecular complexity index is 822. The van der Waals surface area contributed by atoms with Crippen molar-refractivity contribution in [3.8, 4) is 5.75 Å². The molecule has 142 valence electrons. The molecule has 0 saturated carbocycles. The second-order valence-electron chi connectivity index (χ2n) is 5.69. The summed E-state index contributed by atoms with van der Waals surface area (Å²) in [6.07, 6.45) is 3.19. The number of nitro groups is 1. The average molecular weight is 434 g/mol. The van der Waals surface area contributed by atoms with E-state index >= 15 is 0 Å². The van der Waals surface area contributed by atoms with Gasteiger partial charge in [0.1, 0.15) is 5.75 Å². The molecule has 0 saturated heterocycles. The fourth-order valence-corrected chi connectivity index (χ4v) is 2.75. The third-order valence-corrected chi connectivity index (χ3v) is 4.34. The highest BCUT2D eigenvalue weighted by Gasteiger charge is 2.11. The van der Waals surface area contributed by atoms with Gasteiger partial charge in [-0.25, -0.2) is 5.43 Å². The van der Waals surface area contributed by atoms with Crippen LogP contribution in [0.25, 0.3) is 0 Å². The van der Waals surface area contributed by atoms with Crippen molar-refractivity contribution in [2.45, 2.75) is 26.2 Å². The van der Waals surface area contributed by atoms with Gasteiger partial charge in [-0.1, -0.05) is 18.2 Å². The Morgan fingerprint density at radius 3 is 2.70 bits per heavy atom. The smallest absolute Gasteiger partial charge is 0.284 e. The number of hydrazone groups is 1. The molecule has 0 aromatic heterocycles. The van der Waals surface area contributed by atoms with Gasteiger partial charge in [0.25, 0.3) is 5.69 Å². The van der Waals surface area contributed by atoms with Crippen LogP contribution in [0.5, 0.6) is 5.75 Å². The standard InChI is InChI=1S/C19H20BrN3O4/c1-2-27-16-9-6-14(7-10-16)4-3-5-19(24)22-21-13-15-8-11-17(20)18(12-15)23(25)26/h6-13H,2-5H2,1H3,(H,22,24)/b21-13-. The zero-order chi connectivity index (χ0) is 19.6. The molecule has 7 nitrogen and oxygen atoms in total. The highest BCUT2D eigenvalue weighted by atomic mass is 79.9. The van der Waals surface area contributed by atoms with E-state index in [0.717, 1.165) is 17.7 Å². The third-order valence-electron chi connectivity index (χ3n) is 3.67. The minimum absolute atomic E-state index is 0.0550. The van der Waals surface area contributed by atoms with Crippen LogP contribution in [-0.2, 0) is 11.2 Å². The van der Waals surface area contributed by atoms with Gasteiger partial charge in [-0.3, -0.25) is 14.9 Å². The van der Waals surface area contributed by atoms with E-state index in [1.54, 1.807) is 12.1 Å². The van der Waals surface area contributed by atoms with Crippen LogP contribution in [0.4, 0.5) is 5.69 Å². The lowest BCUT2D eigenvalue weighted by atomic mass is 10.1. The van der Waals surface area contributed by atoms with Gasteiger partial charge in [0.05, 0.1) is 22.2 Å². The Kier molecular flexibility index (Phi) is 7.94. The summed E-state index contributed by atoms with van der Waals surface area (Å²) < 4.78 is 5.78. The van der Waals surface area contributed by atoms with E-state index in [1.165, 1.54) is 12.3 Å². The van der Waals surface area contributed by atoms with Gasteiger partial charge in [-0.05, 0) is 59.5 Å². The van der Waals surface area contributed by atoms with Crippen molar-refractivity contribution in [1.29, 1.82) is 0 Å². The molecule has 1 N–H and O–H groups in total. The molecule has 0 radical (unpaired) electrons. The number of hydrogen-bond acceptors (Lipinski definition) is 5. The second kappa shape index (κ2) is 10.4. The highest BCUT2D eigenvalue weighted by molar-refractivity contribution is 9.10. The predicted octanol–water partition coefficient (Wildman–Crippen LogP) is 4.23. The van der Waals surface area contributed by atoms with E-state index in [4.69, 9.17) is 4.74 Å². The van der Waals surface area contributed by atoms with Crippen LogP contribution < -0.4 is 10.2 Å². The summed E-state index contributed by atoms with van der Waals surface area (Å²) in [5.41, 5.74) is 4.04. The van der Waals surface area contributed by atoms with E-state index in [2.05, 4.69) is 26.5 Å². The van der Waals surface area contributed by atoms with Crippen LogP contribution in [0.15, 0.2) is 52.0 Å². The summed E-state index contributed by atoms with van der Waals surface area (Å²) in [7, 11) is 0. The topological polar surface area (TPSA) is 93.8 Å². The third kappa shape index (κ3) is 6.82. The molecule has 1 amide bonds. The molecule has 8 heteroatoms. The Balaban J connectivity index is 1.76. The van der Waals surface area contributed by atoms with Gasteiger partial charge >= 0.3 is 0 Å². The van der Waals surface area contributed by atoms with Crippen molar-refractivity contribution in [3.05, 3.63) is 68.2 Å². The number of halogens is 1. The molecule has 0 bridgehead atoms. The van der Waals surface area contributed by atoms with Gasteiger partial charge in [-0.2, -0.15) is 5.10 Å². The van der Waals surface area contributed by atoms with Crippen molar-refractivity contribution in [2.24, 2.45) is 5.10 Å². The molecule has 0 aliphatic rings. The second-order valence-corrected chi connectivity index (χ2v) is 6.55. The SMILES string of the molecule is CCOc1ccc(CCCC(=O)N/N=C\c2ccc(Br)c([N+](=O)[O-])c2)cc1. The number of ether oxygens (including phenoxy) is 1. The van der Waals surface area contributed by atoms with Crippen molar-refractivity contribution in [1.82, 2.24) is 5.43 Å². The lowest BCUT2D eigenvalue weighted by Gasteiger charge is -2.05. The first-order valence-corrected chi connectivity index (χ1v) is 9.26. The maximum atomic E-state index is 11.8. The van der Waals surface area contributed by atoms with Crippen molar-refractivity contribution >= 4 is 33.7 Å². The van der Waals surface area contributed by atoms with Crippen LogP contribution in [0.1, 0.15) is 30.9 Å². The number of nitrogens with zero attached hydrogens (tertiary/aromatic N) is 2. The van der Waals surface area contributed by atoms with Crippen LogP contribution in [0, 0.1) is 10.1 Å². The molecule has 0 aliphatic carbocycles. The molecule has 2 aromatic carbocycles. The molecule has 0 spiro atoms. The number of aryl methyl sites for hydroxylation is 1. The number of benzene rings is 2. The molecule has 0 fully saturated rings. The van der Waals surface area contributed by atoms with E-state index in [1.807, 2.05) is 31.2 Å². The lowest BCUT2D eigenvalue weighted by molar-refractivity contribution is -0.385. The Morgan fingerprint density at radius 1 is 1.30 bits per heavy atom. The maximum Gasteiger partial charge on any atom is 0.284 e. The van der Waals surface area contributed by atoms with Crippen molar-refractivity contribution in [3.63, 3.8) is 0 Å². The Morgan fingerprint density at radius 2 is 2.04 bits per heavy atom. The molecule has 0 heterocycles.